The molecular weight excluding hydrogens is 524 g/mol. The Kier molecular flexibility index (Phi) is 9.21. The fraction of sp³-hybridized carbons (Fsp3) is 0.171. The van der Waals surface area contributed by atoms with E-state index in [1.165, 1.54) is 0 Å². The summed E-state index contributed by atoms with van der Waals surface area (Å²) in [5, 5.41) is 6.75. The predicted molar refractivity (Wildman–Crippen MR) is 166 cm³/mol. The Balaban J connectivity index is 1.46. The Morgan fingerprint density at radius 3 is 2.07 bits per heavy atom. The van der Waals surface area contributed by atoms with E-state index in [4.69, 9.17) is 15.5 Å². The molecule has 0 saturated carbocycles. The third kappa shape index (κ3) is 6.48. The number of fused-ring (bicyclic) bond motifs is 1. The second-order valence-corrected chi connectivity index (χ2v) is 9.92. The molecule has 0 radical (unpaired) electrons. The van der Waals surface area contributed by atoms with E-state index in [1.54, 1.807) is 0 Å². The summed E-state index contributed by atoms with van der Waals surface area (Å²) >= 11 is 0. The highest BCUT2D eigenvalue weighted by molar-refractivity contribution is 6.10. The second kappa shape index (κ2) is 13.6. The van der Waals surface area contributed by atoms with Crippen LogP contribution >= 0.6 is 0 Å². The second-order valence-electron chi connectivity index (χ2n) is 9.92. The number of nitrogens with one attached hydrogen (secondary N) is 2. The molecule has 212 valence electrons. The van der Waals surface area contributed by atoms with Crippen LogP contribution in [0.15, 0.2) is 115 Å². The fourth-order valence-electron chi connectivity index (χ4n) is 4.94. The van der Waals surface area contributed by atoms with Gasteiger partial charge in [0.2, 0.25) is 5.91 Å². The van der Waals surface area contributed by atoms with Crippen LogP contribution in [0.2, 0.25) is 0 Å². The van der Waals surface area contributed by atoms with Crippen LogP contribution in [0.3, 0.4) is 0 Å². The maximum atomic E-state index is 14.1. The quantitative estimate of drug-likeness (QED) is 0.173. The highest BCUT2D eigenvalue weighted by atomic mass is 16.5. The van der Waals surface area contributed by atoms with E-state index in [-0.39, 0.29) is 31.0 Å². The van der Waals surface area contributed by atoms with Gasteiger partial charge in [-0.2, -0.15) is 0 Å². The van der Waals surface area contributed by atoms with Crippen molar-refractivity contribution in [1.82, 2.24) is 15.6 Å². The van der Waals surface area contributed by atoms with E-state index in [9.17, 15) is 9.59 Å². The van der Waals surface area contributed by atoms with Gasteiger partial charge in [-0.05, 0) is 23.6 Å². The van der Waals surface area contributed by atoms with Crippen molar-refractivity contribution in [2.24, 2.45) is 5.73 Å². The van der Waals surface area contributed by atoms with Gasteiger partial charge in [-0.25, -0.2) is 4.98 Å². The molecule has 1 heterocycles. The van der Waals surface area contributed by atoms with E-state index in [2.05, 4.69) is 10.6 Å². The van der Waals surface area contributed by atoms with Gasteiger partial charge in [0.05, 0.1) is 23.7 Å². The summed E-state index contributed by atoms with van der Waals surface area (Å²) in [6.07, 6.45) is 0.716. The number of aromatic nitrogens is 1. The molecule has 4 aromatic carbocycles. The third-order valence-electron chi connectivity index (χ3n) is 7.13. The lowest BCUT2D eigenvalue weighted by atomic mass is 10.00. The standard InChI is InChI=1S/C35H34N4O3/c1-2-28(24-14-6-3-7-15-24)39-34(40)30-27-20-12-13-21-29(27)38-32(26-18-10-5-11-19-26)33(30)42-23-22-37-35(41)31(36)25-16-8-4-9-17-25/h3-21,28,31H,2,22-23,36H2,1H3,(H,37,41)(H,39,40)/t28-,31-/m0/s1. The topological polar surface area (TPSA) is 106 Å². The summed E-state index contributed by atoms with van der Waals surface area (Å²) in [7, 11) is 0. The number of pyridine rings is 1. The molecule has 0 spiro atoms. The number of hydrogen-bond donors (Lipinski definition) is 3. The number of benzene rings is 4. The number of carbonyl (C=O) groups excluding carboxylic acids is 2. The Hall–Kier alpha value is -5.01. The van der Waals surface area contributed by atoms with Gasteiger partial charge in [-0.1, -0.05) is 116 Å². The van der Waals surface area contributed by atoms with Crippen LogP contribution in [0.4, 0.5) is 0 Å². The lowest BCUT2D eigenvalue weighted by Gasteiger charge is -2.21. The molecular formula is C35H34N4O3. The Morgan fingerprint density at radius 1 is 0.810 bits per heavy atom. The number of nitrogens with zero attached hydrogens (tertiary/aromatic N) is 1. The van der Waals surface area contributed by atoms with Gasteiger partial charge >= 0.3 is 0 Å². The molecule has 0 bridgehead atoms. The number of nitrogens with two attached hydrogens (primary N) is 1. The van der Waals surface area contributed by atoms with Gasteiger partial charge in [-0.3, -0.25) is 9.59 Å². The minimum absolute atomic E-state index is 0.114. The maximum Gasteiger partial charge on any atom is 0.256 e. The van der Waals surface area contributed by atoms with Gasteiger partial charge in [0.15, 0.2) is 5.75 Å². The average molecular weight is 559 g/mol. The summed E-state index contributed by atoms with van der Waals surface area (Å²) in [4.78, 5) is 31.7. The number of ether oxygens (including phenoxy) is 1. The first kappa shape index (κ1) is 28.5. The molecule has 0 aliphatic carbocycles. The molecule has 0 aliphatic rings. The van der Waals surface area contributed by atoms with Crippen LogP contribution in [-0.4, -0.2) is 29.9 Å². The largest absolute Gasteiger partial charge is 0.489 e. The van der Waals surface area contributed by atoms with E-state index >= 15 is 0 Å². The van der Waals surface area contributed by atoms with E-state index in [1.807, 2.05) is 122 Å². The highest BCUT2D eigenvalue weighted by Crippen LogP contribution is 2.37. The molecule has 2 atom stereocenters. The van der Waals surface area contributed by atoms with Crippen LogP contribution < -0.4 is 21.1 Å². The molecule has 0 unspecified atom stereocenters. The predicted octanol–water partition coefficient (Wildman–Crippen LogP) is 5.98. The zero-order valence-electron chi connectivity index (χ0n) is 23.5. The summed E-state index contributed by atoms with van der Waals surface area (Å²) in [6.45, 7) is 2.35. The Morgan fingerprint density at radius 2 is 1.40 bits per heavy atom. The maximum absolute atomic E-state index is 14.1. The molecule has 0 fully saturated rings. The monoisotopic (exact) mass is 558 g/mol. The van der Waals surface area contributed by atoms with Crippen LogP contribution in [0.25, 0.3) is 22.2 Å². The summed E-state index contributed by atoms with van der Waals surface area (Å²) in [5.41, 5.74) is 10.4. The number of amides is 2. The molecule has 4 N–H and O–H groups in total. The van der Waals surface area contributed by atoms with E-state index in [0.717, 1.165) is 16.7 Å². The fourth-order valence-corrected chi connectivity index (χ4v) is 4.94. The molecule has 1 aromatic heterocycles. The molecule has 0 saturated heterocycles. The van der Waals surface area contributed by atoms with Crippen molar-refractivity contribution in [3.05, 3.63) is 132 Å². The van der Waals surface area contributed by atoms with Crippen molar-refractivity contribution in [2.75, 3.05) is 13.2 Å². The smallest absolute Gasteiger partial charge is 0.256 e. The molecule has 5 aromatic rings. The van der Waals surface area contributed by atoms with Crippen LogP contribution in [-0.2, 0) is 4.79 Å². The van der Waals surface area contributed by atoms with Crippen molar-refractivity contribution in [3.8, 4) is 17.0 Å². The van der Waals surface area contributed by atoms with Crippen LogP contribution in [0.1, 0.15) is 46.9 Å². The van der Waals surface area contributed by atoms with Gasteiger partial charge in [0.1, 0.15) is 18.3 Å². The average Bonchev–Trinajstić information content (AvgIpc) is 3.05. The molecule has 2 amide bonds. The number of hydrogen-bond acceptors (Lipinski definition) is 5. The summed E-state index contributed by atoms with van der Waals surface area (Å²) in [6, 6.07) is 35.3. The van der Waals surface area contributed by atoms with Crippen LogP contribution in [0, 0.1) is 0 Å². The Labute approximate surface area is 245 Å². The van der Waals surface area contributed by atoms with Gasteiger partial charge in [-0.15, -0.1) is 0 Å². The van der Waals surface area contributed by atoms with Gasteiger partial charge < -0.3 is 21.1 Å². The van der Waals surface area contributed by atoms with Crippen LogP contribution in [0.5, 0.6) is 5.75 Å². The molecule has 7 heteroatoms. The van der Waals surface area contributed by atoms with Crippen molar-refractivity contribution in [3.63, 3.8) is 0 Å². The van der Waals surface area contributed by atoms with Gasteiger partial charge in [0.25, 0.3) is 5.91 Å². The van der Waals surface area contributed by atoms with Gasteiger partial charge in [0, 0.05) is 10.9 Å². The number of para-hydroxylation sites is 1. The summed E-state index contributed by atoms with van der Waals surface area (Å²) < 4.78 is 6.33. The number of rotatable bonds is 11. The minimum atomic E-state index is -0.793. The van der Waals surface area contributed by atoms with E-state index < -0.39 is 6.04 Å². The van der Waals surface area contributed by atoms with E-state index in [0.29, 0.717) is 34.3 Å². The molecule has 0 aliphatic heterocycles. The Bertz CT molecular complexity index is 1640. The summed E-state index contributed by atoms with van der Waals surface area (Å²) in [5.74, 6) is -0.204. The first-order valence-electron chi connectivity index (χ1n) is 14.1. The third-order valence-corrected chi connectivity index (χ3v) is 7.13. The van der Waals surface area contributed by atoms with Crippen molar-refractivity contribution >= 4 is 22.7 Å². The SMILES string of the molecule is CC[C@H](NC(=O)c1c(OCCNC(=O)[C@@H](N)c2ccccc2)c(-c2ccccc2)nc2ccccc12)c1ccccc1. The normalized spacial score (nSPS) is 12.3. The first-order chi connectivity index (χ1) is 20.6. The lowest BCUT2D eigenvalue weighted by Crippen LogP contribution is -2.36. The zero-order valence-corrected chi connectivity index (χ0v) is 23.5. The zero-order chi connectivity index (χ0) is 29.3. The molecule has 42 heavy (non-hydrogen) atoms. The van der Waals surface area contributed by atoms with Crippen molar-refractivity contribution < 1.29 is 14.3 Å². The molecule has 5 rings (SSSR count). The highest BCUT2D eigenvalue weighted by Gasteiger charge is 2.25. The molecule has 7 nitrogen and oxygen atoms in total. The van der Waals surface area contributed by atoms with Crippen molar-refractivity contribution in [1.29, 1.82) is 0 Å². The number of carbonyl (C=O) groups is 2. The first-order valence-corrected chi connectivity index (χ1v) is 14.1. The lowest BCUT2D eigenvalue weighted by molar-refractivity contribution is -0.122. The minimum Gasteiger partial charge on any atom is -0.489 e. The van der Waals surface area contributed by atoms with Crippen molar-refractivity contribution in [2.45, 2.75) is 25.4 Å².